The third-order valence-electron chi connectivity index (χ3n) is 5.26. The zero-order valence-corrected chi connectivity index (χ0v) is 18.2. The van der Waals surface area contributed by atoms with Crippen molar-refractivity contribution in [3.05, 3.63) is 35.2 Å². The van der Waals surface area contributed by atoms with Crippen molar-refractivity contribution in [1.82, 2.24) is 24.5 Å². The molecule has 0 saturated carbocycles. The summed E-state index contributed by atoms with van der Waals surface area (Å²) in [5.74, 6) is -6.24. The van der Waals surface area contributed by atoms with E-state index in [-0.39, 0.29) is 18.1 Å². The van der Waals surface area contributed by atoms with Crippen molar-refractivity contribution in [3.8, 4) is 16.9 Å². The van der Waals surface area contributed by atoms with Crippen molar-refractivity contribution >= 4 is 23.2 Å². The number of aromatic nitrogens is 4. The highest BCUT2D eigenvalue weighted by atomic mass is 35.5. The van der Waals surface area contributed by atoms with Crippen LogP contribution in [0.5, 0.6) is 5.75 Å². The van der Waals surface area contributed by atoms with Gasteiger partial charge in [-0.05, 0) is 32.9 Å². The summed E-state index contributed by atoms with van der Waals surface area (Å²) in [6.45, 7) is 3.71. The van der Waals surface area contributed by atoms with Gasteiger partial charge >= 0.3 is 0 Å². The Balaban J connectivity index is 1.69. The van der Waals surface area contributed by atoms with Crippen LogP contribution in [-0.2, 0) is 0 Å². The molecular weight excluding hydrogens is 471 g/mol. The first-order valence-electron chi connectivity index (χ1n) is 10.2. The number of alkyl halides is 3. The second kappa shape index (κ2) is 9.26. The SMILES string of the molecule is CC(F)(Nc1c(-c2c(F)cc(OCCCN3CCC3)cc2F)c(Cl)nc2ncnn12)C(F)F. The Morgan fingerprint density at radius 1 is 1.21 bits per heavy atom. The van der Waals surface area contributed by atoms with E-state index in [9.17, 15) is 13.2 Å². The van der Waals surface area contributed by atoms with E-state index in [0.29, 0.717) is 13.3 Å². The number of nitrogens with one attached hydrogen (secondary N) is 1. The third kappa shape index (κ3) is 4.81. The maximum absolute atomic E-state index is 15.0. The summed E-state index contributed by atoms with van der Waals surface area (Å²) < 4.78 is 77.3. The fourth-order valence-corrected chi connectivity index (χ4v) is 3.65. The summed E-state index contributed by atoms with van der Waals surface area (Å²) in [5.41, 5.74) is -1.19. The molecule has 1 N–H and O–H groups in total. The highest BCUT2D eigenvalue weighted by molar-refractivity contribution is 6.33. The van der Waals surface area contributed by atoms with Gasteiger partial charge < -0.3 is 15.0 Å². The first-order valence-corrected chi connectivity index (χ1v) is 10.5. The van der Waals surface area contributed by atoms with E-state index in [2.05, 4.69) is 20.0 Å². The van der Waals surface area contributed by atoms with Gasteiger partial charge in [0, 0.05) is 18.7 Å². The largest absolute Gasteiger partial charge is 0.493 e. The fourth-order valence-electron chi connectivity index (χ4n) is 3.40. The maximum Gasteiger partial charge on any atom is 0.290 e. The van der Waals surface area contributed by atoms with Crippen LogP contribution in [0.1, 0.15) is 19.8 Å². The topological polar surface area (TPSA) is 67.6 Å². The van der Waals surface area contributed by atoms with Gasteiger partial charge in [0.15, 0.2) is 0 Å². The Morgan fingerprint density at radius 2 is 1.91 bits per heavy atom. The standard InChI is InChI=1S/C20H20ClF5N6O/c1-20(26,18(24)25)30-17-15(16(21)29-19-27-10-28-32(17)19)14-12(22)8-11(9-13(14)23)33-7-3-6-31-4-2-5-31/h8-10,18,30H,2-7H2,1H3. The number of hydrogen-bond donors (Lipinski definition) is 1. The molecule has 7 nitrogen and oxygen atoms in total. The Bertz CT molecular complexity index is 1130. The molecule has 13 heteroatoms. The Labute approximate surface area is 190 Å². The average molecular weight is 491 g/mol. The van der Waals surface area contributed by atoms with Gasteiger partial charge in [-0.3, -0.25) is 0 Å². The van der Waals surface area contributed by atoms with E-state index in [0.717, 1.165) is 49.0 Å². The van der Waals surface area contributed by atoms with Gasteiger partial charge in [0.25, 0.3) is 12.2 Å². The van der Waals surface area contributed by atoms with Crippen molar-refractivity contribution < 1.29 is 26.7 Å². The van der Waals surface area contributed by atoms with Crippen LogP contribution in [0.15, 0.2) is 18.5 Å². The van der Waals surface area contributed by atoms with Crippen LogP contribution in [0, 0.1) is 11.6 Å². The Morgan fingerprint density at radius 3 is 2.52 bits per heavy atom. The van der Waals surface area contributed by atoms with E-state index in [1.54, 1.807) is 0 Å². The monoisotopic (exact) mass is 490 g/mol. The van der Waals surface area contributed by atoms with Gasteiger partial charge in [0.05, 0.1) is 17.7 Å². The smallest absolute Gasteiger partial charge is 0.290 e. The number of hydrogen-bond acceptors (Lipinski definition) is 6. The molecule has 0 amide bonds. The van der Waals surface area contributed by atoms with Crippen LogP contribution in [-0.4, -0.2) is 62.9 Å². The molecule has 178 valence electrons. The molecule has 0 spiro atoms. The molecule has 1 aliphatic heterocycles. The lowest BCUT2D eigenvalue weighted by Gasteiger charge is -2.30. The van der Waals surface area contributed by atoms with Crippen LogP contribution < -0.4 is 10.1 Å². The van der Waals surface area contributed by atoms with E-state index >= 15 is 8.78 Å². The number of likely N-dealkylation sites (tertiary alicyclic amines) is 1. The second-order valence-electron chi connectivity index (χ2n) is 7.76. The van der Waals surface area contributed by atoms with Crippen molar-refractivity contribution in [1.29, 1.82) is 0 Å². The van der Waals surface area contributed by atoms with Crippen molar-refractivity contribution in [2.45, 2.75) is 32.0 Å². The average Bonchev–Trinajstić information content (AvgIpc) is 3.16. The van der Waals surface area contributed by atoms with Crippen LogP contribution in [0.3, 0.4) is 0 Å². The van der Waals surface area contributed by atoms with Gasteiger partial charge in [-0.1, -0.05) is 11.6 Å². The van der Waals surface area contributed by atoms with Crippen LogP contribution in [0.2, 0.25) is 5.15 Å². The third-order valence-corrected chi connectivity index (χ3v) is 5.53. The minimum atomic E-state index is -3.47. The summed E-state index contributed by atoms with van der Waals surface area (Å²) in [6, 6.07) is 1.88. The quantitative estimate of drug-likeness (QED) is 0.205. The molecule has 1 aromatic carbocycles. The first kappa shape index (κ1) is 23.4. The van der Waals surface area contributed by atoms with E-state index in [4.69, 9.17) is 16.3 Å². The van der Waals surface area contributed by atoms with Gasteiger partial charge in [-0.2, -0.15) is 19.6 Å². The number of fused-ring (bicyclic) bond motifs is 1. The molecule has 1 atom stereocenters. The van der Waals surface area contributed by atoms with E-state index in [1.165, 1.54) is 0 Å². The Kier molecular flexibility index (Phi) is 6.57. The molecule has 2 aromatic heterocycles. The van der Waals surface area contributed by atoms with Crippen molar-refractivity contribution in [2.75, 3.05) is 31.6 Å². The molecular formula is C20H20ClF5N6O. The molecule has 3 aromatic rings. The highest BCUT2D eigenvalue weighted by Crippen LogP contribution is 2.40. The molecule has 0 radical (unpaired) electrons. The van der Waals surface area contributed by atoms with Gasteiger partial charge in [0.1, 0.15) is 34.7 Å². The van der Waals surface area contributed by atoms with Crippen molar-refractivity contribution in [2.24, 2.45) is 0 Å². The van der Waals surface area contributed by atoms with Gasteiger partial charge in [-0.25, -0.2) is 22.0 Å². The zero-order valence-electron chi connectivity index (χ0n) is 17.5. The molecule has 33 heavy (non-hydrogen) atoms. The predicted octanol–water partition coefficient (Wildman–Crippen LogP) is 4.56. The molecule has 0 bridgehead atoms. The molecule has 1 aliphatic rings. The normalized spacial score (nSPS) is 16.1. The van der Waals surface area contributed by atoms with Crippen LogP contribution in [0.4, 0.5) is 27.8 Å². The summed E-state index contributed by atoms with van der Waals surface area (Å²) >= 11 is 6.13. The first-order chi connectivity index (χ1) is 15.7. The summed E-state index contributed by atoms with van der Waals surface area (Å²) in [4.78, 5) is 9.88. The van der Waals surface area contributed by atoms with Crippen LogP contribution in [0.25, 0.3) is 16.9 Å². The minimum absolute atomic E-state index is 0.0549. The highest BCUT2D eigenvalue weighted by Gasteiger charge is 2.37. The number of ether oxygens (including phenoxy) is 1. The van der Waals surface area contributed by atoms with Crippen LogP contribution >= 0.6 is 11.6 Å². The molecule has 3 heterocycles. The number of halogens is 6. The van der Waals surface area contributed by atoms with Gasteiger partial charge in [0.2, 0.25) is 5.79 Å². The van der Waals surface area contributed by atoms with E-state index in [1.807, 2.05) is 5.32 Å². The molecule has 1 unspecified atom stereocenters. The molecule has 1 saturated heterocycles. The van der Waals surface area contributed by atoms with Gasteiger partial charge in [-0.15, -0.1) is 0 Å². The van der Waals surface area contributed by atoms with Crippen molar-refractivity contribution in [3.63, 3.8) is 0 Å². The maximum atomic E-state index is 15.0. The minimum Gasteiger partial charge on any atom is -0.493 e. The summed E-state index contributed by atoms with van der Waals surface area (Å²) in [5, 5.41) is 5.23. The number of anilines is 1. The fraction of sp³-hybridized carbons (Fsp3) is 0.450. The summed E-state index contributed by atoms with van der Waals surface area (Å²) in [6.07, 6.45) is -0.625. The lowest BCUT2D eigenvalue weighted by Crippen LogP contribution is -2.38. The lowest BCUT2D eigenvalue weighted by atomic mass is 10.1. The molecule has 0 aliphatic carbocycles. The molecule has 4 rings (SSSR count). The predicted molar refractivity (Wildman–Crippen MR) is 111 cm³/mol. The number of nitrogens with zero attached hydrogens (tertiary/aromatic N) is 5. The number of rotatable bonds is 9. The molecule has 1 fully saturated rings. The lowest BCUT2D eigenvalue weighted by molar-refractivity contribution is -0.00293. The zero-order chi connectivity index (χ0) is 23.8. The Hall–Kier alpha value is -2.73. The second-order valence-corrected chi connectivity index (χ2v) is 8.12. The van der Waals surface area contributed by atoms with E-state index < -0.39 is 46.0 Å². The number of benzene rings is 1. The summed E-state index contributed by atoms with van der Waals surface area (Å²) in [7, 11) is 0.